The fourth-order valence-corrected chi connectivity index (χ4v) is 2.36. The Labute approximate surface area is 146 Å². The van der Waals surface area contributed by atoms with Crippen LogP contribution in [0.1, 0.15) is 12.5 Å². The van der Waals surface area contributed by atoms with Gasteiger partial charge in [-0.15, -0.1) is 0 Å². The van der Waals surface area contributed by atoms with E-state index in [1.54, 1.807) is 12.1 Å². The Bertz CT molecular complexity index is 714. The van der Waals surface area contributed by atoms with Crippen LogP contribution in [-0.2, 0) is 20.9 Å². The zero-order valence-electron chi connectivity index (χ0n) is 14.2. The standard InChI is InChI=1S/C19H21FN2O3/c1-13(23)22-18(12-25-2)19(24)21-11-14-3-5-15(6-4-14)16-7-9-17(20)10-8-16/h3-10,18H,11-12H2,1-2H3,(H,21,24)(H,22,23). The first-order valence-corrected chi connectivity index (χ1v) is 7.88. The van der Waals surface area contributed by atoms with Crippen molar-refractivity contribution < 1.29 is 18.7 Å². The molecule has 1 atom stereocenters. The lowest BCUT2D eigenvalue weighted by Crippen LogP contribution is -2.48. The number of amides is 2. The first kappa shape index (κ1) is 18.6. The summed E-state index contributed by atoms with van der Waals surface area (Å²) in [5.41, 5.74) is 2.80. The molecule has 0 aliphatic carbocycles. The van der Waals surface area contributed by atoms with Crippen LogP contribution in [0, 0.1) is 5.82 Å². The first-order chi connectivity index (χ1) is 12.0. The average molecular weight is 344 g/mol. The lowest BCUT2D eigenvalue weighted by Gasteiger charge is -2.16. The number of rotatable bonds is 7. The average Bonchev–Trinajstić information content (AvgIpc) is 2.60. The molecule has 0 heterocycles. The molecule has 0 fully saturated rings. The van der Waals surface area contributed by atoms with E-state index in [0.29, 0.717) is 6.54 Å². The predicted octanol–water partition coefficient (Wildman–Crippen LogP) is 2.26. The Kier molecular flexibility index (Phi) is 6.65. The molecule has 0 aromatic heterocycles. The molecular weight excluding hydrogens is 323 g/mol. The van der Waals surface area contributed by atoms with E-state index in [1.165, 1.54) is 26.2 Å². The Hall–Kier alpha value is -2.73. The highest BCUT2D eigenvalue weighted by Gasteiger charge is 2.18. The number of benzene rings is 2. The molecule has 2 aromatic carbocycles. The van der Waals surface area contributed by atoms with Crippen molar-refractivity contribution in [3.8, 4) is 11.1 Å². The Morgan fingerprint density at radius 3 is 2.12 bits per heavy atom. The van der Waals surface area contributed by atoms with E-state index < -0.39 is 6.04 Å². The van der Waals surface area contributed by atoms with Crippen LogP contribution in [0.25, 0.3) is 11.1 Å². The molecular formula is C19H21FN2O3. The maximum atomic E-state index is 13.0. The second-order valence-corrected chi connectivity index (χ2v) is 5.63. The van der Waals surface area contributed by atoms with Crippen LogP contribution in [-0.4, -0.2) is 31.6 Å². The molecule has 2 N–H and O–H groups in total. The van der Waals surface area contributed by atoms with Gasteiger partial charge in [0.05, 0.1) is 6.61 Å². The summed E-state index contributed by atoms with van der Waals surface area (Å²) >= 11 is 0. The van der Waals surface area contributed by atoms with Gasteiger partial charge in [0.1, 0.15) is 11.9 Å². The van der Waals surface area contributed by atoms with Crippen molar-refractivity contribution in [3.05, 3.63) is 59.9 Å². The van der Waals surface area contributed by atoms with Crippen molar-refractivity contribution >= 4 is 11.8 Å². The number of halogens is 1. The van der Waals surface area contributed by atoms with Crippen LogP contribution in [0.4, 0.5) is 4.39 Å². The number of hydrogen-bond donors (Lipinski definition) is 2. The molecule has 0 saturated carbocycles. The number of carbonyl (C=O) groups excluding carboxylic acids is 2. The Balaban J connectivity index is 1.95. The van der Waals surface area contributed by atoms with Crippen LogP contribution in [0.15, 0.2) is 48.5 Å². The lowest BCUT2D eigenvalue weighted by atomic mass is 10.0. The largest absolute Gasteiger partial charge is 0.382 e. The van der Waals surface area contributed by atoms with E-state index in [2.05, 4.69) is 10.6 Å². The van der Waals surface area contributed by atoms with Crippen molar-refractivity contribution in [2.45, 2.75) is 19.5 Å². The van der Waals surface area contributed by atoms with E-state index >= 15 is 0 Å². The molecule has 2 amide bonds. The summed E-state index contributed by atoms with van der Waals surface area (Å²) in [6.07, 6.45) is 0. The van der Waals surface area contributed by atoms with Gasteiger partial charge in [0.2, 0.25) is 11.8 Å². The summed E-state index contributed by atoms with van der Waals surface area (Å²) in [6, 6.07) is 13.2. The van der Waals surface area contributed by atoms with Crippen LogP contribution in [0.5, 0.6) is 0 Å². The van der Waals surface area contributed by atoms with Crippen LogP contribution < -0.4 is 10.6 Å². The summed E-state index contributed by atoms with van der Waals surface area (Å²) in [7, 11) is 1.47. The highest BCUT2D eigenvalue weighted by Crippen LogP contribution is 2.20. The van der Waals surface area contributed by atoms with Gasteiger partial charge in [-0.2, -0.15) is 0 Å². The fourth-order valence-electron chi connectivity index (χ4n) is 2.36. The molecule has 2 rings (SSSR count). The Morgan fingerprint density at radius 2 is 1.60 bits per heavy atom. The summed E-state index contributed by atoms with van der Waals surface area (Å²) in [4.78, 5) is 23.3. The van der Waals surface area contributed by atoms with Crippen molar-refractivity contribution in [2.75, 3.05) is 13.7 Å². The molecule has 6 heteroatoms. The molecule has 0 saturated heterocycles. The summed E-state index contributed by atoms with van der Waals surface area (Å²) in [6.45, 7) is 1.79. The van der Waals surface area contributed by atoms with Gasteiger partial charge < -0.3 is 15.4 Å². The summed E-state index contributed by atoms with van der Waals surface area (Å²) in [5.74, 6) is -0.867. The normalized spacial score (nSPS) is 11.6. The molecule has 25 heavy (non-hydrogen) atoms. The summed E-state index contributed by atoms with van der Waals surface area (Å²) < 4.78 is 17.9. The SMILES string of the molecule is COCC(NC(C)=O)C(=O)NCc1ccc(-c2ccc(F)cc2)cc1. The third-order valence-corrected chi connectivity index (χ3v) is 3.63. The second-order valence-electron chi connectivity index (χ2n) is 5.63. The van der Waals surface area contributed by atoms with Crippen molar-refractivity contribution in [3.63, 3.8) is 0 Å². The molecule has 2 aromatic rings. The van der Waals surface area contributed by atoms with E-state index in [9.17, 15) is 14.0 Å². The van der Waals surface area contributed by atoms with Gasteiger partial charge in [0.25, 0.3) is 0 Å². The minimum absolute atomic E-state index is 0.106. The molecule has 0 radical (unpaired) electrons. The van der Waals surface area contributed by atoms with Gasteiger partial charge >= 0.3 is 0 Å². The molecule has 0 spiro atoms. The van der Waals surface area contributed by atoms with Gasteiger partial charge in [-0.3, -0.25) is 9.59 Å². The van der Waals surface area contributed by atoms with Crippen molar-refractivity contribution in [2.24, 2.45) is 0 Å². The highest BCUT2D eigenvalue weighted by atomic mass is 19.1. The molecule has 0 aliphatic heterocycles. The first-order valence-electron chi connectivity index (χ1n) is 7.88. The Morgan fingerprint density at radius 1 is 1.04 bits per heavy atom. The number of nitrogens with one attached hydrogen (secondary N) is 2. The van der Waals surface area contributed by atoms with E-state index in [4.69, 9.17) is 4.74 Å². The number of methoxy groups -OCH3 is 1. The van der Waals surface area contributed by atoms with Gasteiger partial charge in [0, 0.05) is 20.6 Å². The fraction of sp³-hybridized carbons (Fsp3) is 0.263. The maximum absolute atomic E-state index is 13.0. The van der Waals surface area contributed by atoms with Gasteiger partial charge in [0.15, 0.2) is 0 Å². The van der Waals surface area contributed by atoms with E-state index in [-0.39, 0.29) is 24.2 Å². The van der Waals surface area contributed by atoms with E-state index in [1.807, 2.05) is 24.3 Å². The molecule has 132 valence electrons. The predicted molar refractivity (Wildman–Crippen MR) is 93.2 cm³/mol. The monoisotopic (exact) mass is 344 g/mol. The second kappa shape index (κ2) is 8.94. The third kappa shape index (κ3) is 5.69. The van der Waals surface area contributed by atoms with Crippen molar-refractivity contribution in [1.82, 2.24) is 10.6 Å². The number of ether oxygens (including phenoxy) is 1. The van der Waals surface area contributed by atoms with Crippen LogP contribution >= 0.6 is 0 Å². The zero-order chi connectivity index (χ0) is 18.2. The topological polar surface area (TPSA) is 67.4 Å². The van der Waals surface area contributed by atoms with Crippen molar-refractivity contribution in [1.29, 1.82) is 0 Å². The minimum Gasteiger partial charge on any atom is -0.382 e. The third-order valence-electron chi connectivity index (χ3n) is 3.63. The zero-order valence-corrected chi connectivity index (χ0v) is 14.2. The molecule has 0 aliphatic rings. The van der Waals surface area contributed by atoms with Crippen LogP contribution in [0.2, 0.25) is 0 Å². The molecule has 5 nitrogen and oxygen atoms in total. The lowest BCUT2D eigenvalue weighted by molar-refractivity contribution is -0.129. The van der Waals surface area contributed by atoms with Gasteiger partial charge in [-0.05, 0) is 28.8 Å². The van der Waals surface area contributed by atoms with Gasteiger partial charge in [-0.1, -0.05) is 36.4 Å². The minimum atomic E-state index is -0.721. The van der Waals surface area contributed by atoms with Crippen LogP contribution in [0.3, 0.4) is 0 Å². The number of hydrogen-bond acceptors (Lipinski definition) is 3. The smallest absolute Gasteiger partial charge is 0.245 e. The maximum Gasteiger partial charge on any atom is 0.245 e. The number of carbonyl (C=O) groups is 2. The van der Waals surface area contributed by atoms with E-state index in [0.717, 1.165) is 16.7 Å². The van der Waals surface area contributed by atoms with Gasteiger partial charge in [-0.25, -0.2) is 4.39 Å². The summed E-state index contributed by atoms with van der Waals surface area (Å²) in [5, 5.41) is 5.32. The molecule has 1 unspecified atom stereocenters. The molecule has 0 bridgehead atoms. The highest BCUT2D eigenvalue weighted by molar-refractivity contribution is 5.86. The quantitative estimate of drug-likeness (QED) is 0.810.